The Morgan fingerprint density at radius 2 is 1.76 bits per heavy atom. The lowest BCUT2D eigenvalue weighted by Crippen LogP contribution is -2.20. The summed E-state index contributed by atoms with van der Waals surface area (Å²) in [6.07, 6.45) is 0. The van der Waals surface area contributed by atoms with E-state index in [1.54, 1.807) is 0 Å². The van der Waals surface area contributed by atoms with Gasteiger partial charge in [-0.2, -0.15) is 0 Å². The highest BCUT2D eigenvalue weighted by Gasteiger charge is 2.15. The summed E-state index contributed by atoms with van der Waals surface area (Å²) in [7, 11) is 0. The Labute approximate surface area is 102 Å². The van der Waals surface area contributed by atoms with E-state index in [2.05, 4.69) is 26.1 Å². The monoisotopic (exact) mass is 233 g/mol. The van der Waals surface area contributed by atoms with Crippen molar-refractivity contribution in [2.24, 2.45) is 0 Å². The Bertz CT molecular complexity index is 456. The fourth-order valence-corrected chi connectivity index (χ4v) is 1.48. The maximum Gasteiger partial charge on any atom is 0.291 e. The highest BCUT2D eigenvalue weighted by atomic mass is 16.2. The number of aryl methyl sites for hydroxylation is 1. The molecule has 0 radical (unpaired) electrons. The van der Waals surface area contributed by atoms with Gasteiger partial charge in [-0.3, -0.25) is 9.59 Å². The van der Waals surface area contributed by atoms with Crippen LogP contribution in [0.4, 0.5) is 5.69 Å². The molecule has 92 valence electrons. The lowest BCUT2D eigenvalue weighted by molar-refractivity contribution is -0.133. The second-order valence-corrected chi connectivity index (χ2v) is 5.29. The van der Waals surface area contributed by atoms with Gasteiger partial charge in [0.05, 0.1) is 0 Å². The van der Waals surface area contributed by atoms with Crippen molar-refractivity contribution in [2.45, 2.75) is 40.0 Å². The third-order valence-corrected chi connectivity index (χ3v) is 2.66. The van der Waals surface area contributed by atoms with Gasteiger partial charge in [0.25, 0.3) is 5.91 Å². The number of ketones is 1. The third kappa shape index (κ3) is 3.41. The summed E-state index contributed by atoms with van der Waals surface area (Å²) >= 11 is 0. The average Bonchev–Trinajstić information content (AvgIpc) is 2.19. The molecule has 0 aromatic heterocycles. The van der Waals surface area contributed by atoms with Crippen molar-refractivity contribution in [3.8, 4) is 0 Å². The van der Waals surface area contributed by atoms with Crippen LogP contribution in [-0.2, 0) is 15.0 Å². The molecule has 1 aromatic carbocycles. The predicted octanol–water partition coefficient (Wildman–Crippen LogP) is 2.82. The number of benzene rings is 1. The number of carbonyl (C=O) groups is 2. The molecule has 0 bridgehead atoms. The van der Waals surface area contributed by atoms with E-state index in [9.17, 15) is 9.59 Å². The molecule has 0 heterocycles. The quantitative estimate of drug-likeness (QED) is 0.798. The first kappa shape index (κ1) is 13.4. The number of amides is 1. The summed E-state index contributed by atoms with van der Waals surface area (Å²) < 4.78 is 0. The maximum absolute atomic E-state index is 11.3. The van der Waals surface area contributed by atoms with Crippen LogP contribution in [0.1, 0.15) is 38.8 Å². The number of anilines is 1. The van der Waals surface area contributed by atoms with Crippen molar-refractivity contribution < 1.29 is 9.59 Å². The summed E-state index contributed by atoms with van der Waals surface area (Å²) in [6, 6.07) is 5.86. The van der Waals surface area contributed by atoms with Crippen molar-refractivity contribution in [2.75, 3.05) is 5.32 Å². The molecular formula is C14H19NO2. The van der Waals surface area contributed by atoms with Gasteiger partial charge < -0.3 is 5.32 Å². The first-order valence-corrected chi connectivity index (χ1v) is 5.65. The standard InChI is InChI=1S/C14H19NO2/c1-9-8-11(14(3,4)5)6-7-12(9)15-13(17)10(2)16/h6-8H,1-5H3,(H,15,17). The normalized spacial score (nSPS) is 11.1. The molecule has 1 amide bonds. The van der Waals surface area contributed by atoms with E-state index in [-0.39, 0.29) is 5.41 Å². The highest BCUT2D eigenvalue weighted by Crippen LogP contribution is 2.26. The van der Waals surface area contributed by atoms with E-state index in [4.69, 9.17) is 0 Å². The molecule has 1 N–H and O–H groups in total. The van der Waals surface area contributed by atoms with Crippen LogP contribution in [0.3, 0.4) is 0 Å². The van der Waals surface area contributed by atoms with Crippen LogP contribution in [0.2, 0.25) is 0 Å². The number of hydrogen-bond donors (Lipinski definition) is 1. The molecule has 1 aromatic rings. The number of Topliss-reactive ketones (excluding diaryl/α,β-unsaturated/α-hetero) is 1. The van der Waals surface area contributed by atoms with Crippen molar-refractivity contribution >= 4 is 17.4 Å². The van der Waals surface area contributed by atoms with Gasteiger partial charge in [-0.05, 0) is 29.5 Å². The Kier molecular flexibility index (Phi) is 3.71. The zero-order valence-electron chi connectivity index (χ0n) is 11.0. The number of carbonyl (C=O) groups excluding carboxylic acids is 2. The molecule has 0 atom stereocenters. The minimum Gasteiger partial charge on any atom is -0.319 e. The summed E-state index contributed by atoms with van der Waals surface area (Å²) in [5.74, 6) is -1.05. The minimum absolute atomic E-state index is 0.0773. The van der Waals surface area contributed by atoms with Crippen LogP contribution in [-0.4, -0.2) is 11.7 Å². The number of rotatable bonds is 2. The molecule has 3 heteroatoms. The predicted molar refractivity (Wildman–Crippen MR) is 69.2 cm³/mol. The number of nitrogens with one attached hydrogen (secondary N) is 1. The molecule has 0 aliphatic carbocycles. The summed E-state index contributed by atoms with van der Waals surface area (Å²) in [6.45, 7) is 9.58. The van der Waals surface area contributed by atoms with Crippen LogP contribution in [0, 0.1) is 6.92 Å². The van der Waals surface area contributed by atoms with Gasteiger partial charge in [0.2, 0.25) is 5.78 Å². The summed E-state index contributed by atoms with van der Waals surface area (Å²) in [5, 5.41) is 2.60. The van der Waals surface area contributed by atoms with E-state index in [0.29, 0.717) is 5.69 Å². The molecule has 17 heavy (non-hydrogen) atoms. The van der Waals surface area contributed by atoms with E-state index in [0.717, 1.165) is 5.56 Å². The van der Waals surface area contributed by atoms with Crippen LogP contribution in [0.25, 0.3) is 0 Å². The minimum atomic E-state index is -0.573. The second-order valence-electron chi connectivity index (χ2n) is 5.29. The first-order valence-electron chi connectivity index (χ1n) is 5.65. The lowest BCUT2D eigenvalue weighted by Gasteiger charge is -2.20. The van der Waals surface area contributed by atoms with Gasteiger partial charge in [-0.15, -0.1) is 0 Å². The fraction of sp³-hybridized carbons (Fsp3) is 0.429. The molecule has 0 unspecified atom stereocenters. The molecule has 0 saturated heterocycles. The number of hydrogen-bond acceptors (Lipinski definition) is 2. The zero-order valence-corrected chi connectivity index (χ0v) is 11.0. The molecule has 0 aliphatic heterocycles. The Hall–Kier alpha value is -1.64. The van der Waals surface area contributed by atoms with Crippen LogP contribution in [0.5, 0.6) is 0 Å². The van der Waals surface area contributed by atoms with Crippen LogP contribution >= 0.6 is 0 Å². The van der Waals surface area contributed by atoms with E-state index < -0.39 is 11.7 Å². The van der Waals surface area contributed by atoms with Gasteiger partial charge in [-0.25, -0.2) is 0 Å². The topological polar surface area (TPSA) is 46.2 Å². The van der Waals surface area contributed by atoms with Crippen molar-refractivity contribution in [1.29, 1.82) is 0 Å². The SMILES string of the molecule is CC(=O)C(=O)Nc1ccc(C(C)(C)C)cc1C. The van der Waals surface area contributed by atoms with E-state index in [1.807, 2.05) is 25.1 Å². The van der Waals surface area contributed by atoms with Gasteiger partial charge in [-0.1, -0.05) is 32.9 Å². The first-order chi connectivity index (χ1) is 7.71. The molecule has 0 aliphatic rings. The zero-order chi connectivity index (χ0) is 13.2. The van der Waals surface area contributed by atoms with E-state index in [1.165, 1.54) is 12.5 Å². The van der Waals surface area contributed by atoms with Crippen molar-refractivity contribution in [1.82, 2.24) is 0 Å². The third-order valence-electron chi connectivity index (χ3n) is 2.66. The fourth-order valence-electron chi connectivity index (χ4n) is 1.48. The highest BCUT2D eigenvalue weighted by molar-refractivity contribution is 6.39. The Morgan fingerprint density at radius 1 is 1.18 bits per heavy atom. The molecule has 0 saturated carbocycles. The van der Waals surface area contributed by atoms with Crippen molar-refractivity contribution in [3.63, 3.8) is 0 Å². The lowest BCUT2D eigenvalue weighted by atomic mass is 9.86. The van der Waals surface area contributed by atoms with Gasteiger partial charge in [0, 0.05) is 12.6 Å². The second kappa shape index (κ2) is 4.70. The molecule has 0 spiro atoms. The van der Waals surface area contributed by atoms with Gasteiger partial charge >= 0.3 is 0 Å². The van der Waals surface area contributed by atoms with Crippen LogP contribution < -0.4 is 5.32 Å². The maximum atomic E-state index is 11.3. The smallest absolute Gasteiger partial charge is 0.291 e. The average molecular weight is 233 g/mol. The van der Waals surface area contributed by atoms with Gasteiger partial charge in [0.1, 0.15) is 0 Å². The van der Waals surface area contributed by atoms with Gasteiger partial charge in [0.15, 0.2) is 0 Å². The van der Waals surface area contributed by atoms with Crippen molar-refractivity contribution in [3.05, 3.63) is 29.3 Å². The molecular weight excluding hydrogens is 214 g/mol. The summed E-state index contributed by atoms with van der Waals surface area (Å²) in [5.41, 5.74) is 2.94. The largest absolute Gasteiger partial charge is 0.319 e. The Balaban J connectivity index is 2.99. The Morgan fingerprint density at radius 3 is 2.18 bits per heavy atom. The van der Waals surface area contributed by atoms with E-state index >= 15 is 0 Å². The molecule has 3 nitrogen and oxygen atoms in total. The summed E-state index contributed by atoms with van der Waals surface area (Å²) in [4.78, 5) is 22.2. The molecule has 0 fully saturated rings. The molecule has 1 rings (SSSR count). The van der Waals surface area contributed by atoms with Crippen LogP contribution in [0.15, 0.2) is 18.2 Å².